The summed E-state index contributed by atoms with van der Waals surface area (Å²) >= 11 is 6.60. The van der Waals surface area contributed by atoms with E-state index in [4.69, 9.17) is 11.6 Å². The number of alkyl halides is 3. The first-order valence-corrected chi connectivity index (χ1v) is 6.83. The molecule has 3 rings (SSSR count). The molecule has 0 spiro atoms. The smallest absolute Gasteiger partial charge is 0.275 e. The third-order valence-corrected chi connectivity index (χ3v) is 3.84. The number of rotatable bonds is 2. The summed E-state index contributed by atoms with van der Waals surface area (Å²) in [6, 6.07) is 4.24. The molecule has 0 fully saturated rings. The Kier molecular flexibility index (Phi) is 3.22. The second kappa shape index (κ2) is 4.81. The van der Waals surface area contributed by atoms with Crippen molar-refractivity contribution in [2.45, 2.75) is 6.18 Å². The predicted molar refractivity (Wildman–Crippen MR) is 71.5 cm³/mol. The van der Waals surface area contributed by atoms with Gasteiger partial charge in [-0.1, -0.05) is 6.07 Å². The van der Waals surface area contributed by atoms with E-state index in [0.29, 0.717) is 9.39 Å². The Balaban J connectivity index is 2.37. The van der Waals surface area contributed by atoms with Crippen molar-refractivity contribution in [2.75, 3.05) is 0 Å². The van der Waals surface area contributed by atoms with Crippen molar-refractivity contribution in [3.63, 3.8) is 0 Å². The van der Waals surface area contributed by atoms with Gasteiger partial charge < -0.3 is 0 Å². The SMILES string of the molecule is O=C(Cl)c1cnn2c(C(F)(F)F)cc(-c3cccs3)nc12. The maximum atomic E-state index is 13.1. The minimum absolute atomic E-state index is 0.115. The van der Waals surface area contributed by atoms with E-state index < -0.39 is 17.1 Å². The zero-order chi connectivity index (χ0) is 15.2. The van der Waals surface area contributed by atoms with Crippen molar-refractivity contribution in [1.82, 2.24) is 14.6 Å². The van der Waals surface area contributed by atoms with Gasteiger partial charge in [-0.25, -0.2) is 9.50 Å². The summed E-state index contributed by atoms with van der Waals surface area (Å²) in [5.74, 6) is 0. The van der Waals surface area contributed by atoms with Gasteiger partial charge in [-0.3, -0.25) is 4.79 Å². The zero-order valence-corrected chi connectivity index (χ0v) is 11.6. The van der Waals surface area contributed by atoms with Gasteiger partial charge in [0.05, 0.1) is 22.3 Å². The number of nitrogens with zero attached hydrogens (tertiary/aromatic N) is 3. The maximum Gasteiger partial charge on any atom is 0.433 e. The Labute approximate surface area is 124 Å². The largest absolute Gasteiger partial charge is 0.433 e. The molecule has 0 saturated carbocycles. The number of carbonyl (C=O) groups excluding carboxylic acids is 1. The lowest BCUT2D eigenvalue weighted by Gasteiger charge is -2.10. The van der Waals surface area contributed by atoms with Crippen LogP contribution in [-0.4, -0.2) is 19.8 Å². The Hall–Kier alpha value is -1.93. The number of aromatic nitrogens is 3. The van der Waals surface area contributed by atoms with Gasteiger partial charge in [0, 0.05) is 0 Å². The molecule has 9 heteroatoms. The predicted octanol–water partition coefficient (Wildman–Crippen LogP) is 3.86. The van der Waals surface area contributed by atoms with Crippen molar-refractivity contribution in [2.24, 2.45) is 0 Å². The molecule has 108 valence electrons. The second-order valence-electron chi connectivity index (χ2n) is 4.07. The van der Waals surface area contributed by atoms with Crippen LogP contribution in [0.5, 0.6) is 0 Å². The van der Waals surface area contributed by atoms with E-state index in [2.05, 4.69) is 10.1 Å². The lowest BCUT2D eigenvalue weighted by Crippen LogP contribution is -2.13. The number of halogens is 4. The Bertz CT molecular complexity index is 826. The topological polar surface area (TPSA) is 47.3 Å². The molecular formula is C12H5ClF3N3OS. The van der Waals surface area contributed by atoms with Gasteiger partial charge in [0.2, 0.25) is 0 Å². The van der Waals surface area contributed by atoms with Gasteiger partial charge >= 0.3 is 6.18 Å². The molecule has 0 unspecified atom stereocenters. The molecule has 0 saturated heterocycles. The van der Waals surface area contributed by atoms with Crippen LogP contribution in [0.15, 0.2) is 29.8 Å². The van der Waals surface area contributed by atoms with Crippen LogP contribution in [0, 0.1) is 0 Å². The molecule has 3 aromatic heterocycles. The molecule has 4 nitrogen and oxygen atoms in total. The van der Waals surface area contributed by atoms with Crippen LogP contribution in [0.4, 0.5) is 13.2 Å². The van der Waals surface area contributed by atoms with Crippen molar-refractivity contribution in [1.29, 1.82) is 0 Å². The fraction of sp³-hybridized carbons (Fsp3) is 0.0833. The first-order valence-electron chi connectivity index (χ1n) is 5.57. The summed E-state index contributed by atoms with van der Waals surface area (Å²) in [4.78, 5) is 15.9. The molecule has 0 bridgehead atoms. The van der Waals surface area contributed by atoms with Gasteiger partial charge in [-0.2, -0.15) is 18.3 Å². The highest BCUT2D eigenvalue weighted by Gasteiger charge is 2.36. The molecule has 0 aliphatic heterocycles. The minimum Gasteiger partial charge on any atom is -0.275 e. The highest BCUT2D eigenvalue weighted by Crippen LogP contribution is 2.33. The Morgan fingerprint density at radius 2 is 2.14 bits per heavy atom. The number of hydrogen-bond acceptors (Lipinski definition) is 4. The van der Waals surface area contributed by atoms with Crippen LogP contribution in [0.3, 0.4) is 0 Å². The van der Waals surface area contributed by atoms with Gasteiger partial charge in [0.25, 0.3) is 5.24 Å². The van der Waals surface area contributed by atoms with Crippen molar-refractivity contribution < 1.29 is 18.0 Å². The van der Waals surface area contributed by atoms with Gasteiger partial charge in [0.15, 0.2) is 11.3 Å². The highest BCUT2D eigenvalue weighted by molar-refractivity contribution is 7.13. The molecule has 0 aromatic carbocycles. The molecule has 21 heavy (non-hydrogen) atoms. The summed E-state index contributed by atoms with van der Waals surface area (Å²) in [6.45, 7) is 0. The summed E-state index contributed by atoms with van der Waals surface area (Å²) in [5.41, 5.74) is -1.28. The van der Waals surface area contributed by atoms with Crippen LogP contribution in [0.25, 0.3) is 16.2 Å². The first kappa shape index (κ1) is 14.0. The summed E-state index contributed by atoms with van der Waals surface area (Å²) in [5, 5.41) is 4.37. The van der Waals surface area contributed by atoms with Gasteiger partial charge in [-0.15, -0.1) is 11.3 Å². The quantitative estimate of drug-likeness (QED) is 0.670. The standard InChI is InChI=1S/C12H5ClF3N3OS/c13-10(20)6-5-17-19-9(12(14,15)16)4-7(18-11(6)19)8-2-1-3-21-8/h1-5H. The second-order valence-corrected chi connectivity index (χ2v) is 5.36. The average molecular weight is 332 g/mol. The van der Waals surface area contributed by atoms with Crippen molar-refractivity contribution in [3.05, 3.63) is 41.0 Å². The van der Waals surface area contributed by atoms with E-state index in [0.717, 1.165) is 12.3 Å². The molecule has 0 radical (unpaired) electrons. The van der Waals surface area contributed by atoms with Crippen molar-refractivity contribution >= 4 is 33.8 Å². The fourth-order valence-electron chi connectivity index (χ4n) is 1.85. The molecule has 3 aromatic rings. The summed E-state index contributed by atoms with van der Waals surface area (Å²) in [6.07, 6.45) is -3.66. The number of thiophene rings is 1. The lowest BCUT2D eigenvalue weighted by atomic mass is 10.2. The maximum absolute atomic E-state index is 13.1. The van der Waals surface area contributed by atoms with Crippen LogP contribution in [0.1, 0.15) is 16.1 Å². The molecule has 0 aliphatic rings. The number of fused-ring (bicyclic) bond motifs is 1. The first-order chi connectivity index (χ1) is 9.88. The third-order valence-electron chi connectivity index (χ3n) is 2.75. The van der Waals surface area contributed by atoms with E-state index in [-0.39, 0.29) is 16.9 Å². The minimum atomic E-state index is -4.63. The van der Waals surface area contributed by atoms with Crippen LogP contribution in [0.2, 0.25) is 0 Å². The lowest BCUT2D eigenvalue weighted by molar-refractivity contribution is -0.142. The number of carbonyl (C=O) groups is 1. The van der Waals surface area contributed by atoms with Gasteiger partial charge in [0.1, 0.15) is 0 Å². The molecule has 3 heterocycles. The van der Waals surface area contributed by atoms with E-state index in [1.165, 1.54) is 11.3 Å². The van der Waals surface area contributed by atoms with Gasteiger partial charge in [-0.05, 0) is 29.1 Å². The van der Waals surface area contributed by atoms with E-state index in [1.54, 1.807) is 17.5 Å². The molecule has 0 N–H and O–H groups in total. The zero-order valence-electron chi connectivity index (χ0n) is 10.1. The highest BCUT2D eigenvalue weighted by atomic mass is 35.5. The van der Waals surface area contributed by atoms with Crippen LogP contribution in [-0.2, 0) is 6.18 Å². The van der Waals surface area contributed by atoms with Crippen LogP contribution < -0.4 is 0 Å². The normalized spacial score (nSPS) is 12.0. The number of hydrogen-bond donors (Lipinski definition) is 0. The molecule has 0 aliphatic carbocycles. The Morgan fingerprint density at radius 1 is 1.38 bits per heavy atom. The average Bonchev–Trinajstić information content (AvgIpc) is 3.05. The van der Waals surface area contributed by atoms with Crippen molar-refractivity contribution in [3.8, 4) is 10.6 Å². The molecular weight excluding hydrogens is 327 g/mol. The Morgan fingerprint density at radius 3 is 2.71 bits per heavy atom. The third kappa shape index (κ3) is 2.40. The fourth-order valence-corrected chi connectivity index (χ4v) is 2.67. The molecule has 0 atom stereocenters. The van der Waals surface area contributed by atoms with E-state index in [1.807, 2.05) is 0 Å². The summed E-state index contributed by atoms with van der Waals surface area (Å²) < 4.78 is 40.0. The van der Waals surface area contributed by atoms with E-state index in [9.17, 15) is 18.0 Å². The molecule has 0 amide bonds. The monoisotopic (exact) mass is 331 g/mol. The van der Waals surface area contributed by atoms with Crippen LogP contribution >= 0.6 is 22.9 Å². The summed E-state index contributed by atoms with van der Waals surface area (Å²) in [7, 11) is 0. The van der Waals surface area contributed by atoms with E-state index >= 15 is 0 Å².